The maximum absolute atomic E-state index is 13.8. The lowest BCUT2D eigenvalue weighted by atomic mass is 9.42. The van der Waals surface area contributed by atoms with E-state index in [1.165, 1.54) is 6.07 Å². The number of carbonyl (C=O) groups is 1. The largest absolute Gasteiger partial charge is 0.482 e. The van der Waals surface area contributed by atoms with Gasteiger partial charge < -0.3 is 28.5 Å². The van der Waals surface area contributed by atoms with Crippen molar-refractivity contribution < 1.29 is 33.3 Å². The highest BCUT2D eigenvalue weighted by atomic mass is 16.7. The molecule has 1 N–H and O–H groups in total. The predicted octanol–water partition coefficient (Wildman–Crippen LogP) is 6.54. The third kappa shape index (κ3) is 4.98. The summed E-state index contributed by atoms with van der Waals surface area (Å²) in [6, 6.07) is 23.4. The molecule has 3 fully saturated rings. The molecule has 2 aliphatic carbocycles. The average Bonchev–Trinajstić information content (AvgIpc) is 3.12. The Bertz CT molecular complexity index is 2050. The minimum Gasteiger partial charge on any atom is -0.482 e. The normalized spacial score (nSPS) is 34.1. The molecule has 9 atom stereocenters. The van der Waals surface area contributed by atoms with Crippen LogP contribution in [0.4, 0.5) is 0 Å². The Morgan fingerprint density at radius 2 is 1.86 bits per heavy atom. The zero-order valence-electron chi connectivity index (χ0n) is 28.1. The molecule has 2 aromatic heterocycles. The first kappa shape index (κ1) is 32.4. The van der Waals surface area contributed by atoms with Gasteiger partial charge in [0.25, 0.3) is 0 Å². The summed E-state index contributed by atoms with van der Waals surface area (Å²) in [6.45, 7) is 6.54. The van der Waals surface area contributed by atoms with E-state index in [-0.39, 0.29) is 34.7 Å². The number of aliphatic hydroxyl groups excluding tert-OH is 1. The van der Waals surface area contributed by atoms with Gasteiger partial charge in [-0.1, -0.05) is 50.2 Å². The maximum Gasteiger partial charge on any atom is 0.345 e. The highest BCUT2D eigenvalue weighted by Crippen LogP contribution is 2.68. The van der Waals surface area contributed by atoms with E-state index >= 15 is 0 Å². The molecule has 2 aliphatic heterocycles. The van der Waals surface area contributed by atoms with Crippen molar-refractivity contribution >= 4 is 5.97 Å². The van der Waals surface area contributed by atoms with Crippen molar-refractivity contribution in [2.75, 3.05) is 6.61 Å². The molecule has 10 nitrogen and oxygen atoms in total. The van der Waals surface area contributed by atoms with Crippen molar-refractivity contribution in [3.05, 3.63) is 118 Å². The van der Waals surface area contributed by atoms with Gasteiger partial charge in [-0.15, -0.1) is 0 Å². The SMILES string of the molecule is C[C@]12CC[C@@H]3OC(c4ccccc4)OC[C@@]3(C)C1C[C@H](OC(=O)c1cccc(C#N)c1)[C@@]1(C)Oc3cc(-c4cccnc4)oc(=O)c3[C@H](O)C21. The minimum atomic E-state index is -1.29. The number of hydrogen-bond donors (Lipinski definition) is 1. The van der Waals surface area contributed by atoms with Gasteiger partial charge in [0.05, 0.1) is 36.0 Å². The summed E-state index contributed by atoms with van der Waals surface area (Å²) < 4.78 is 32.1. The van der Waals surface area contributed by atoms with Crippen molar-refractivity contribution in [2.24, 2.45) is 22.7 Å². The number of fused-ring (bicyclic) bond motifs is 6. The fourth-order valence-corrected chi connectivity index (χ4v) is 9.55. The third-order valence-corrected chi connectivity index (χ3v) is 11.9. The van der Waals surface area contributed by atoms with Crippen LogP contribution >= 0.6 is 0 Å². The highest BCUT2D eigenvalue weighted by Gasteiger charge is 2.71. The third-order valence-electron chi connectivity index (χ3n) is 11.9. The van der Waals surface area contributed by atoms with Crippen molar-refractivity contribution in [1.29, 1.82) is 5.26 Å². The lowest BCUT2D eigenvalue weighted by Gasteiger charge is -2.67. The van der Waals surface area contributed by atoms with Gasteiger partial charge in [0.1, 0.15) is 28.8 Å². The van der Waals surface area contributed by atoms with Crippen LogP contribution in [-0.4, -0.2) is 40.5 Å². The summed E-state index contributed by atoms with van der Waals surface area (Å²) >= 11 is 0. The Kier molecular flexibility index (Phi) is 7.71. The van der Waals surface area contributed by atoms with E-state index in [0.717, 1.165) is 5.56 Å². The molecule has 4 aliphatic rings. The van der Waals surface area contributed by atoms with E-state index in [4.69, 9.17) is 23.4 Å². The minimum absolute atomic E-state index is 0.0429. The molecule has 4 heterocycles. The molecular formula is C40H38N2O8. The molecule has 50 heavy (non-hydrogen) atoms. The van der Waals surface area contributed by atoms with E-state index in [1.54, 1.807) is 48.8 Å². The lowest BCUT2D eigenvalue weighted by Crippen LogP contribution is -2.71. The van der Waals surface area contributed by atoms with Gasteiger partial charge in [0.2, 0.25) is 0 Å². The van der Waals surface area contributed by atoms with Crippen LogP contribution in [0.5, 0.6) is 5.75 Å². The van der Waals surface area contributed by atoms with Crippen LogP contribution in [0.3, 0.4) is 0 Å². The number of rotatable bonds is 4. The second-order valence-electron chi connectivity index (χ2n) is 14.7. The van der Waals surface area contributed by atoms with E-state index in [2.05, 4.69) is 24.9 Å². The smallest absolute Gasteiger partial charge is 0.345 e. The summed E-state index contributed by atoms with van der Waals surface area (Å²) in [7, 11) is 0. The van der Waals surface area contributed by atoms with Crippen LogP contribution in [-0.2, 0) is 14.2 Å². The zero-order chi connectivity index (χ0) is 34.8. The molecule has 10 heteroatoms. The van der Waals surface area contributed by atoms with Crippen LogP contribution in [0.1, 0.15) is 79.5 Å². The van der Waals surface area contributed by atoms with Gasteiger partial charge in [0, 0.05) is 40.9 Å². The van der Waals surface area contributed by atoms with Crippen molar-refractivity contribution in [2.45, 2.75) is 70.2 Å². The Hall–Kier alpha value is -4.82. The number of nitrogens with zero attached hydrogens (tertiary/aromatic N) is 2. The molecule has 1 saturated heterocycles. The molecule has 0 radical (unpaired) electrons. The molecule has 0 bridgehead atoms. The molecule has 256 valence electrons. The van der Waals surface area contributed by atoms with Gasteiger partial charge in [-0.25, -0.2) is 9.59 Å². The van der Waals surface area contributed by atoms with Gasteiger partial charge >= 0.3 is 11.6 Å². The van der Waals surface area contributed by atoms with Crippen molar-refractivity contribution in [1.82, 2.24) is 4.98 Å². The average molecular weight is 675 g/mol. The number of aliphatic hydroxyl groups is 1. The topological polar surface area (TPSA) is 141 Å². The summed E-state index contributed by atoms with van der Waals surface area (Å²) in [5.41, 5.74) is -0.953. The second kappa shape index (κ2) is 11.9. The fourth-order valence-electron chi connectivity index (χ4n) is 9.55. The Balaban J connectivity index is 1.22. The first-order valence-electron chi connectivity index (χ1n) is 17.0. The second-order valence-corrected chi connectivity index (χ2v) is 14.7. The van der Waals surface area contributed by atoms with Crippen molar-refractivity contribution in [3.63, 3.8) is 0 Å². The van der Waals surface area contributed by atoms with E-state index < -0.39 is 52.4 Å². The van der Waals surface area contributed by atoms with Gasteiger partial charge in [-0.3, -0.25) is 4.98 Å². The highest BCUT2D eigenvalue weighted by molar-refractivity contribution is 5.90. The molecule has 2 saturated carbocycles. The number of hydrogen-bond acceptors (Lipinski definition) is 10. The summed E-state index contributed by atoms with van der Waals surface area (Å²) in [5, 5.41) is 21.9. The number of benzene rings is 2. The fraction of sp³-hybridized carbons (Fsp3) is 0.400. The van der Waals surface area contributed by atoms with Crippen LogP contribution in [0.15, 0.2) is 94.4 Å². The summed E-state index contributed by atoms with van der Waals surface area (Å²) in [4.78, 5) is 31.7. The van der Waals surface area contributed by atoms with Crippen LogP contribution < -0.4 is 10.4 Å². The monoisotopic (exact) mass is 674 g/mol. The standard InChI is InChI=1S/C40H38N2O8/c1-38-15-14-30-39(2,22-46-37(49-30)24-10-5-4-6-11-24)29(38)19-31(48-35(44)25-12-7-9-23(17-25)20-41)40(3)34(38)33(43)32-28(50-40)18-27(47-36(32)45)26-13-8-16-42-21-26/h4-13,16-18,21,29-31,33-34,37,43H,14-15,19,22H2,1-3H3/t29?,30-,31-,33-,34?,37?,38-,39-,40+/m0/s1. The molecule has 2 aromatic carbocycles. The van der Waals surface area contributed by atoms with E-state index in [9.17, 15) is 20.0 Å². The Morgan fingerprint density at radius 3 is 2.62 bits per heavy atom. The van der Waals surface area contributed by atoms with E-state index in [1.807, 2.05) is 37.3 Å². The van der Waals surface area contributed by atoms with E-state index in [0.29, 0.717) is 37.0 Å². The van der Waals surface area contributed by atoms with Crippen LogP contribution in [0, 0.1) is 34.0 Å². The molecule has 8 rings (SSSR count). The maximum atomic E-state index is 13.8. The number of carbonyl (C=O) groups excluding carboxylic acids is 1. The molecule has 0 amide bonds. The Labute approximate surface area is 289 Å². The summed E-state index contributed by atoms with van der Waals surface area (Å²) in [5.74, 6) is -1.04. The number of aromatic nitrogens is 1. The zero-order valence-corrected chi connectivity index (χ0v) is 28.1. The number of pyridine rings is 1. The predicted molar refractivity (Wildman–Crippen MR) is 180 cm³/mol. The number of nitriles is 1. The molecule has 3 unspecified atom stereocenters. The van der Waals surface area contributed by atoms with Gasteiger partial charge in [-0.05, 0) is 67.9 Å². The van der Waals surface area contributed by atoms with Crippen molar-refractivity contribution in [3.8, 4) is 23.1 Å². The number of ether oxygens (including phenoxy) is 4. The van der Waals surface area contributed by atoms with Crippen LogP contribution in [0.25, 0.3) is 11.3 Å². The lowest BCUT2D eigenvalue weighted by molar-refractivity contribution is -0.330. The molecule has 4 aromatic rings. The first-order chi connectivity index (χ1) is 24.0. The molecule has 0 spiro atoms. The summed E-state index contributed by atoms with van der Waals surface area (Å²) in [6.07, 6.45) is 2.12. The quantitative estimate of drug-likeness (QED) is 0.237. The molecular weight excluding hydrogens is 636 g/mol. The van der Waals surface area contributed by atoms with Gasteiger partial charge in [0.15, 0.2) is 6.29 Å². The van der Waals surface area contributed by atoms with Crippen LogP contribution in [0.2, 0.25) is 0 Å². The first-order valence-corrected chi connectivity index (χ1v) is 17.0. The number of esters is 1. The Morgan fingerprint density at radius 1 is 1.04 bits per heavy atom. The van der Waals surface area contributed by atoms with Gasteiger partial charge in [-0.2, -0.15) is 5.26 Å².